The van der Waals surface area contributed by atoms with Crippen LogP contribution in [0.4, 0.5) is 4.39 Å². The minimum absolute atomic E-state index is 0.0889. The molecule has 2 rings (SSSR count). The van der Waals surface area contributed by atoms with Gasteiger partial charge >= 0.3 is 0 Å². The molecule has 0 bridgehead atoms. The Morgan fingerprint density at radius 3 is 2.80 bits per heavy atom. The van der Waals surface area contributed by atoms with E-state index in [9.17, 15) is 4.39 Å². The zero-order valence-corrected chi connectivity index (χ0v) is 8.75. The van der Waals surface area contributed by atoms with Gasteiger partial charge in [-0.1, -0.05) is 18.6 Å². The van der Waals surface area contributed by atoms with E-state index in [1.165, 1.54) is 25.3 Å². The Bertz CT molecular complexity index is 323. The predicted octanol–water partition coefficient (Wildman–Crippen LogP) is 1.97. The molecule has 3 heteroatoms. The molecule has 1 aliphatic carbocycles. The van der Waals surface area contributed by atoms with Crippen LogP contribution in [0.5, 0.6) is 0 Å². The molecule has 15 heavy (non-hydrogen) atoms. The van der Waals surface area contributed by atoms with Crippen molar-refractivity contribution in [2.24, 2.45) is 5.73 Å². The van der Waals surface area contributed by atoms with Crippen LogP contribution in [0.15, 0.2) is 24.3 Å². The Labute approximate surface area is 89.7 Å². The molecule has 82 valence electrons. The molecule has 0 spiro atoms. The molecule has 1 aromatic rings. The van der Waals surface area contributed by atoms with Gasteiger partial charge in [-0.05, 0) is 30.5 Å². The molecule has 0 heterocycles. The monoisotopic (exact) mass is 208 g/mol. The van der Waals surface area contributed by atoms with Crippen LogP contribution >= 0.6 is 0 Å². The molecule has 3 N–H and O–H groups in total. The first kappa shape index (κ1) is 10.6. The van der Waals surface area contributed by atoms with Gasteiger partial charge in [0.25, 0.3) is 0 Å². The lowest BCUT2D eigenvalue weighted by atomic mass is 9.91. The largest absolute Gasteiger partial charge is 0.329 e. The van der Waals surface area contributed by atoms with E-state index in [-0.39, 0.29) is 11.9 Å². The summed E-state index contributed by atoms with van der Waals surface area (Å²) in [5.74, 6) is -0.193. The summed E-state index contributed by atoms with van der Waals surface area (Å²) in [6.45, 7) is 0.514. The van der Waals surface area contributed by atoms with E-state index >= 15 is 0 Å². The van der Waals surface area contributed by atoms with Crippen molar-refractivity contribution in [1.82, 2.24) is 5.32 Å². The van der Waals surface area contributed by atoms with Gasteiger partial charge in [-0.25, -0.2) is 4.39 Å². The Morgan fingerprint density at radius 2 is 2.27 bits per heavy atom. The van der Waals surface area contributed by atoms with E-state index in [0.29, 0.717) is 12.6 Å². The molecule has 1 fully saturated rings. The van der Waals surface area contributed by atoms with Crippen molar-refractivity contribution in [3.05, 3.63) is 35.6 Å². The first-order valence-electron chi connectivity index (χ1n) is 5.51. The van der Waals surface area contributed by atoms with E-state index in [0.717, 1.165) is 5.56 Å². The van der Waals surface area contributed by atoms with Crippen LogP contribution in [-0.4, -0.2) is 12.6 Å². The van der Waals surface area contributed by atoms with E-state index in [1.807, 2.05) is 6.07 Å². The molecular weight excluding hydrogens is 191 g/mol. The summed E-state index contributed by atoms with van der Waals surface area (Å²) in [5, 5.41) is 3.45. The van der Waals surface area contributed by atoms with Crippen LogP contribution in [-0.2, 0) is 0 Å². The second kappa shape index (κ2) is 4.73. The number of hydrogen-bond donors (Lipinski definition) is 2. The van der Waals surface area contributed by atoms with Crippen LogP contribution in [0.1, 0.15) is 30.9 Å². The summed E-state index contributed by atoms with van der Waals surface area (Å²) in [6, 6.07) is 7.33. The van der Waals surface area contributed by atoms with Gasteiger partial charge in [0, 0.05) is 18.6 Å². The molecule has 1 saturated carbocycles. The van der Waals surface area contributed by atoms with Crippen LogP contribution in [0.25, 0.3) is 0 Å². The van der Waals surface area contributed by atoms with Gasteiger partial charge < -0.3 is 11.1 Å². The molecule has 0 amide bonds. The second-order valence-corrected chi connectivity index (χ2v) is 4.14. The quantitative estimate of drug-likeness (QED) is 0.794. The predicted molar refractivity (Wildman–Crippen MR) is 59.0 cm³/mol. The van der Waals surface area contributed by atoms with Crippen LogP contribution in [0, 0.1) is 5.82 Å². The first-order chi connectivity index (χ1) is 7.29. The normalized spacial score (nSPS) is 18.5. The average molecular weight is 208 g/mol. The Balaban J connectivity index is 2.04. The maximum absolute atomic E-state index is 13.0. The van der Waals surface area contributed by atoms with Crippen molar-refractivity contribution in [3.8, 4) is 0 Å². The SMILES string of the molecule is NCC(NC1CCC1)c1cccc(F)c1. The van der Waals surface area contributed by atoms with Crippen molar-refractivity contribution in [1.29, 1.82) is 0 Å². The lowest BCUT2D eigenvalue weighted by molar-refractivity contribution is 0.307. The standard InChI is InChI=1S/C12H17FN2/c13-10-4-1-3-9(7-10)12(8-14)15-11-5-2-6-11/h1,3-4,7,11-12,15H,2,5-6,8,14H2. The van der Waals surface area contributed by atoms with Crippen LogP contribution < -0.4 is 11.1 Å². The minimum atomic E-state index is -0.193. The maximum atomic E-state index is 13.0. The zero-order valence-electron chi connectivity index (χ0n) is 8.75. The van der Waals surface area contributed by atoms with Gasteiger partial charge in [-0.2, -0.15) is 0 Å². The molecule has 2 nitrogen and oxygen atoms in total. The third kappa shape index (κ3) is 2.55. The van der Waals surface area contributed by atoms with Gasteiger partial charge in [0.15, 0.2) is 0 Å². The van der Waals surface area contributed by atoms with E-state index < -0.39 is 0 Å². The van der Waals surface area contributed by atoms with E-state index in [4.69, 9.17) is 5.73 Å². The van der Waals surface area contributed by atoms with Crippen LogP contribution in [0.2, 0.25) is 0 Å². The van der Waals surface area contributed by atoms with Gasteiger partial charge in [0.05, 0.1) is 0 Å². The summed E-state index contributed by atoms with van der Waals surface area (Å²) in [4.78, 5) is 0. The summed E-state index contributed by atoms with van der Waals surface area (Å²) < 4.78 is 13.0. The summed E-state index contributed by atoms with van der Waals surface area (Å²) >= 11 is 0. The van der Waals surface area contributed by atoms with E-state index in [1.54, 1.807) is 12.1 Å². The first-order valence-corrected chi connectivity index (χ1v) is 5.51. The zero-order chi connectivity index (χ0) is 10.7. The molecule has 0 aromatic heterocycles. The second-order valence-electron chi connectivity index (χ2n) is 4.14. The van der Waals surface area contributed by atoms with Gasteiger partial charge in [-0.3, -0.25) is 0 Å². The Hall–Kier alpha value is -0.930. The fourth-order valence-corrected chi connectivity index (χ4v) is 1.88. The summed E-state index contributed by atoms with van der Waals surface area (Å²) in [7, 11) is 0. The maximum Gasteiger partial charge on any atom is 0.123 e. The number of nitrogens with two attached hydrogens (primary N) is 1. The Kier molecular flexibility index (Phi) is 3.34. The van der Waals surface area contributed by atoms with Crippen molar-refractivity contribution in [3.63, 3.8) is 0 Å². The fraction of sp³-hybridized carbons (Fsp3) is 0.500. The molecule has 1 atom stereocenters. The number of hydrogen-bond acceptors (Lipinski definition) is 2. The fourth-order valence-electron chi connectivity index (χ4n) is 1.88. The number of benzene rings is 1. The van der Waals surface area contributed by atoms with Crippen LogP contribution in [0.3, 0.4) is 0 Å². The van der Waals surface area contributed by atoms with Gasteiger partial charge in [-0.15, -0.1) is 0 Å². The highest BCUT2D eigenvalue weighted by atomic mass is 19.1. The molecule has 0 radical (unpaired) electrons. The van der Waals surface area contributed by atoms with Crippen molar-refractivity contribution in [2.75, 3.05) is 6.54 Å². The third-order valence-corrected chi connectivity index (χ3v) is 3.03. The van der Waals surface area contributed by atoms with Gasteiger partial charge in [0.1, 0.15) is 5.82 Å². The molecule has 0 aliphatic heterocycles. The molecule has 1 aromatic carbocycles. The lowest BCUT2D eigenvalue weighted by Gasteiger charge is -2.31. The van der Waals surface area contributed by atoms with Crippen molar-refractivity contribution >= 4 is 0 Å². The van der Waals surface area contributed by atoms with Crippen molar-refractivity contribution < 1.29 is 4.39 Å². The highest BCUT2D eigenvalue weighted by Gasteiger charge is 2.21. The highest BCUT2D eigenvalue weighted by molar-refractivity contribution is 5.20. The lowest BCUT2D eigenvalue weighted by Crippen LogP contribution is -2.40. The Morgan fingerprint density at radius 1 is 1.47 bits per heavy atom. The van der Waals surface area contributed by atoms with E-state index in [2.05, 4.69) is 5.32 Å². The summed E-state index contributed by atoms with van der Waals surface area (Å²) in [6.07, 6.45) is 3.72. The highest BCUT2D eigenvalue weighted by Crippen LogP contribution is 2.22. The molecule has 1 aliphatic rings. The molecular formula is C12H17FN2. The molecule has 1 unspecified atom stereocenters. The smallest absolute Gasteiger partial charge is 0.123 e. The average Bonchev–Trinajstić information content (AvgIpc) is 2.16. The number of rotatable bonds is 4. The van der Waals surface area contributed by atoms with Gasteiger partial charge in [0.2, 0.25) is 0 Å². The van der Waals surface area contributed by atoms with Crippen molar-refractivity contribution in [2.45, 2.75) is 31.3 Å². The topological polar surface area (TPSA) is 38.0 Å². The third-order valence-electron chi connectivity index (χ3n) is 3.03. The number of halogens is 1. The summed E-state index contributed by atoms with van der Waals surface area (Å²) in [5.41, 5.74) is 6.65. The number of nitrogens with one attached hydrogen (secondary N) is 1. The molecule has 0 saturated heterocycles. The minimum Gasteiger partial charge on any atom is -0.329 e.